The summed E-state index contributed by atoms with van der Waals surface area (Å²) in [6.07, 6.45) is 0. The summed E-state index contributed by atoms with van der Waals surface area (Å²) in [5.41, 5.74) is 6.20. The molecule has 0 aliphatic heterocycles. The number of thiocarbonyl (C=S) groups is 1. The molecule has 4 nitrogen and oxygen atoms in total. The lowest BCUT2D eigenvalue weighted by Gasteiger charge is -2.10. The summed E-state index contributed by atoms with van der Waals surface area (Å²) in [6.45, 7) is 0. The minimum absolute atomic E-state index is 0.0726. The summed E-state index contributed by atoms with van der Waals surface area (Å²) in [6, 6.07) is 5.78. The fraction of sp³-hybridized carbons (Fsp3) is 0. The molecule has 0 bridgehead atoms. The van der Waals surface area contributed by atoms with E-state index < -0.39 is 10.0 Å². The van der Waals surface area contributed by atoms with E-state index in [1.165, 1.54) is 18.2 Å². The van der Waals surface area contributed by atoms with Gasteiger partial charge in [-0.1, -0.05) is 47.0 Å². The van der Waals surface area contributed by atoms with Gasteiger partial charge in [0.25, 0.3) is 10.0 Å². The van der Waals surface area contributed by atoms with Crippen LogP contribution in [0.4, 0.5) is 5.69 Å². The Morgan fingerprint density at radius 2 is 1.90 bits per heavy atom. The number of anilines is 1. The van der Waals surface area contributed by atoms with Crippen molar-refractivity contribution in [1.29, 1.82) is 0 Å². The second-order valence-electron chi connectivity index (χ2n) is 3.85. The quantitative estimate of drug-likeness (QED) is 0.755. The van der Waals surface area contributed by atoms with Crippen LogP contribution in [0.2, 0.25) is 13.7 Å². The van der Waals surface area contributed by atoms with Gasteiger partial charge >= 0.3 is 0 Å². The van der Waals surface area contributed by atoms with E-state index in [1.54, 1.807) is 6.07 Å². The topological polar surface area (TPSA) is 72.2 Å². The SMILES string of the molecule is NC(=S)c1ccc(NS(=O)(=O)c2cc(Cl)sc2Cl)c(Cl)c1. The van der Waals surface area contributed by atoms with Crippen molar-refractivity contribution in [3.05, 3.63) is 43.5 Å². The van der Waals surface area contributed by atoms with Gasteiger partial charge in [-0.2, -0.15) is 0 Å². The van der Waals surface area contributed by atoms with E-state index in [4.69, 9.17) is 52.8 Å². The van der Waals surface area contributed by atoms with Crippen LogP contribution in [0.1, 0.15) is 5.56 Å². The maximum Gasteiger partial charge on any atom is 0.264 e. The molecule has 0 amide bonds. The molecule has 0 saturated carbocycles. The molecule has 0 spiro atoms. The van der Waals surface area contributed by atoms with E-state index in [0.717, 1.165) is 11.3 Å². The first-order valence-corrected chi connectivity index (χ1v) is 9.12. The zero-order valence-electron chi connectivity index (χ0n) is 10.1. The molecule has 0 radical (unpaired) electrons. The number of nitrogens with two attached hydrogens (primary N) is 1. The second-order valence-corrected chi connectivity index (χ2v) is 8.64. The molecule has 0 atom stereocenters. The molecule has 112 valence electrons. The van der Waals surface area contributed by atoms with Gasteiger partial charge in [0.1, 0.15) is 14.2 Å². The number of halogens is 3. The summed E-state index contributed by atoms with van der Waals surface area (Å²) in [5, 5.41) is 0.168. The van der Waals surface area contributed by atoms with Crippen LogP contribution < -0.4 is 10.5 Å². The highest BCUT2D eigenvalue weighted by Gasteiger charge is 2.22. The average molecular weight is 402 g/mol. The van der Waals surface area contributed by atoms with E-state index in [2.05, 4.69) is 4.72 Å². The summed E-state index contributed by atoms with van der Waals surface area (Å²) >= 11 is 23.4. The Kier molecular flexibility index (Phi) is 5.02. The molecule has 1 aromatic carbocycles. The third kappa shape index (κ3) is 3.80. The van der Waals surface area contributed by atoms with Crippen LogP contribution in [0.5, 0.6) is 0 Å². The predicted molar refractivity (Wildman–Crippen MR) is 92.5 cm³/mol. The van der Waals surface area contributed by atoms with Crippen LogP contribution in [0.25, 0.3) is 0 Å². The van der Waals surface area contributed by atoms with Gasteiger partial charge in [0.15, 0.2) is 0 Å². The minimum Gasteiger partial charge on any atom is -0.389 e. The maximum absolute atomic E-state index is 12.3. The first kappa shape index (κ1) is 16.8. The van der Waals surface area contributed by atoms with E-state index in [1.807, 2.05) is 0 Å². The Hall–Kier alpha value is -0.570. The third-order valence-corrected chi connectivity index (χ3v) is 6.08. The smallest absolute Gasteiger partial charge is 0.264 e. The molecule has 0 fully saturated rings. The van der Waals surface area contributed by atoms with Crippen molar-refractivity contribution in [2.45, 2.75) is 4.90 Å². The summed E-state index contributed by atoms with van der Waals surface area (Å²) in [4.78, 5) is 0.0626. The van der Waals surface area contributed by atoms with Crippen molar-refractivity contribution < 1.29 is 8.42 Å². The van der Waals surface area contributed by atoms with Crippen molar-refractivity contribution in [2.75, 3.05) is 4.72 Å². The van der Waals surface area contributed by atoms with E-state index in [9.17, 15) is 8.42 Å². The maximum atomic E-state index is 12.3. The zero-order chi connectivity index (χ0) is 15.8. The lowest BCUT2D eigenvalue weighted by Crippen LogP contribution is -2.14. The number of thiophene rings is 1. The number of benzene rings is 1. The fourth-order valence-corrected chi connectivity index (χ4v) is 5.10. The molecule has 3 N–H and O–H groups in total. The molecule has 0 aliphatic rings. The lowest BCUT2D eigenvalue weighted by molar-refractivity contribution is 0.601. The molecule has 0 aliphatic carbocycles. The van der Waals surface area contributed by atoms with Crippen LogP contribution in [-0.2, 0) is 10.0 Å². The molecule has 10 heteroatoms. The zero-order valence-corrected chi connectivity index (χ0v) is 14.8. The van der Waals surface area contributed by atoms with Gasteiger partial charge in [0, 0.05) is 5.56 Å². The highest BCUT2D eigenvalue weighted by molar-refractivity contribution is 7.93. The first-order chi connectivity index (χ1) is 9.70. The van der Waals surface area contributed by atoms with Crippen LogP contribution in [0, 0.1) is 0 Å². The number of sulfonamides is 1. The van der Waals surface area contributed by atoms with Crippen molar-refractivity contribution in [3.8, 4) is 0 Å². The molecule has 1 heterocycles. The molecule has 2 aromatic rings. The molecule has 1 aromatic heterocycles. The Morgan fingerprint density at radius 1 is 1.24 bits per heavy atom. The number of hydrogen-bond donors (Lipinski definition) is 2. The molecular formula is C11H7Cl3N2O2S3. The normalized spacial score (nSPS) is 11.4. The van der Waals surface area contributed by atoms with Crippen LogP contribution >= 0.6 is 58.4 Å². The van der Waals surface area contributed by atoms with Crippen molar-refractivity contribution >= 4 is 79.1 Å². The van der Waals surface area contributed by atoms with E-state index in [0.29, 0.717) is 5.56 Å². The molecule has 0 saturated heterocycles. The van der Waals surface area contributed by atoms with Gasteiger partial charge in [-0.3, -0.25) is 4.72 Å². The summed E-state index contributed by atoms with van der Waals surface area (Å²) < 4.78 is 27.2. The summed E-state index contributed by atoms with van der Waals surface area (Å²) in [7, 11) is -3.88. The molecule has 2 rings (SSSR count). The molecule has 0 unspecified atom stereocenters. The Bertz CT molecular complexity index is 818. The van der Waals surface area contributed by atoms with E-state index >= 15 is 0 Å². The number of hydrogen-bond acceptors (Lipinski definition) is 4. The minimum atomic E-state index is -3.88. The Morgan fingerprint density at radius 3 is 2.38 bits per heavy atom. The van der Waals surface area contributed by atoms with Gasteiger partial charge in [0.05, 0.1) is 15.0 Å². The fourth-order valence-electron chi connectivity index (χ4n) is 1.46. The second kappa shape index (κ2) is 6.28. The van der Waals surface area contributed by atoms with Gasteiger partial charge < -0.3 is 5.73 Å². The lowest BCUT2D eigenvalue weighted by atomic mass is 10.2. The standard InChI is InChI=1S/C11H7Cl3N2O2S3/c12-6-3-5(11(15)19)1-2-7(6)16-21(17,18)8-4-9(13)20-10(8)14/h1-4,16H,(H2,15,19). The predicted octanol–water partition coefficient (Wildman–Crippen LogP) is 4.14. The highest BCUT2D eigenvalue weighted by Crippen LogP contribution is 2.36. The summed E-state index contributed by atoms with van der Waals surface area (Å²) in [5.74, 6) is 0. The largest absolute Gasteiger partial charge is 0.389 e. The third-order valence-electron chi connectivity index (χ3n) is 2.41. The molecular weight excluding hydrogens is 395 g/mol. The molecule has 21 heavy (non-hydrogen) atoms. The number of nitrogens with one attached hydrogen (secondary N) is 1. The monoisotopic (exact) mass is 400 g/mol. The highest BCUT2D eigenvalue weighted by atomic mass is 35.5. The average Bonchev–Trinajstić information content (AvgIpc) is 2.71. The van der Waals surface area contributed by atoms with E-state index in [-0.39, 0.29) is 29.3 Å². The van der Waals surface area contributed by atoms with Gasteiger partial charge in [-0.25, -0.2) is 8.42 Å². The Labute approximate surface area is 145 Å². The van der Waals surface area contributed by atoms with Crippen molar-refractivity contribution in [3.63, 3.8) is 0 Å². The Balaban J connectivity index is 2.37. The van der Waals surface area contributed by atoms with Crippen LogP contribution in [0.3, 0.4) is 0 Å². The number of rotatable bonds is 4. The van der Waals surface area contributed by atoms with Gasteiger partial charge in [-0.05, 0) is 24.3 Å². The van der Waals surface area contributed by atoms with Crippen LogP contribution in [-0.4, -0.2) is 13.4 Å². The van der Waals surface area contributed by atoms with Crippen molar-refractivity contribution in [1.82, 2.24) is 0 Å². The van der Waals surface area contributed by atoms with Crippen molar-refractivity contribution in [2.24, 2.45) is 5.73 Å². The van der Waals surface area contributed by atoms with Gasteiger partial charge in [-0.15, -0.1) is 11.3 Å². The van der Waals surface area contributed by atoms with Gasteiger partial charge in [0.2, 0.25) is 0 Å². The first-order valence-electron chi connectivity index (χ1n) is 5.27. The van der Waals surface area contributed by atoms with Crippen LogP contribution in [0.15, 0.2) is 29.2 Å².